The first-order chi connectivity index (χ1) is 17.2. The van der Waals surface area contributed by atoms with Gasteiger partial charge in [-0.2, -0.15) is 30.6 Å². The number of piperazine rings is 1. The number of ether oxygens (including phenoxy) is 1. The molecule has 2 saturated heterocycles. The lowest BCUT2D eigenvalue weighted by atomic mass is 9.90. The van der Waals surface area contributed by atoms with Crippen molar-refractivity contribution in [1.29, 1.82) is 0 Å². The zero-order valence-electron chi connectivity index (χ0n) is 19.5. The standard InChI is InChI=1S/C23H26F6N2O4S2/c24-22(25,26)21(32,23(27,28)29)17-3-5-18(6-4-17)31-10-9-30(37(33,34)20-2-1-13-36-20)15-19(31)14-16-7-11-35-12-8-16/h1-6,13,16,19,32H,7-12,14-15H2/t19-/m1/s1. The lowest BCUT2D eigenvalue weighted by Crippen LogP contribution is -2.55. The highest BCUT2D eigenvalue weighted by atomic mass is 32.2. The summed E-state index contributed by atoms with van der Waals surface area (Å²) in [6.07, 6.45) is -9.83. The van der Waals surface area contributed by atoms with Crippen LogP contribution in [0.15, 0.2) is 46.0 Å². The topological polar surface area (TPSA) is 70.1 Å². The van der Waals surface area contributed by atoms with Crippen molar-refractivity contribution in [1.82, 2.24) is 4.31 Å². The Kier molecular flexibility index (Phi) is 7.88. The lowest BCUT2D eigenvalue weighted by molar-refractivity contribution is -0.376. The molecular formula is C23H26F6N2O4S2. The summed E-state index contributed by atoms with van der Waals surface area (Å²) in [5, 5.41) is 11.4. The first kappa shape index (κ1) is 28.1. The number of alkyl halides is 6. The zero-order valence-corrected chi connectivity index (χ0v) is 21.1. The van der Waals surface area contributed by atoms with Crippen LogP contribution in [0, 0.1) is 5.92 Å². The minimum absolute atomic E-state index is 0.0985. The summed E-state index contributed by atoms with van der Waals surface area (Å²) in [5.41, 5.74) is -6.00. The molecule has 0 unspecified atom stereocenters. The molecule has 2 aliphatic rings. The van der Waals surface area contributed by atoms with Crippen molar-refractivity contribution in [3.05, 3.63) is 47.3 Å². The van der Waals surface area contributed by atoms with E-state index in [4.69, 9.17) is 4.74 Å². The van der Waals surface area contributed by atoms with Gasteiger partial charge in [-0.3, -0.25) is 0 Å². The number of aliphatic hydroxyl groups is 1. The van der Waals surface area contributed by atoms with Crippen LogP contribution in [0.3, 0.4) is 0 Å². The van der Waals surface area contributed by atoms with E-state index in [1.807, 2.05) is 4.90 Å². The summed E-state index contributed by atoms with van der Waals surface area (Å²) in [7, 11) is -3.74. The molecule has 2 aromatic rings. The molecule has 6 nitrogen and oxygen atoms in total. The number of rotatable bonds is 6. The maximum atomic E-state index is 13.3. The van der Waals surface area contributed by atoms with Crippen LogP contribution in [0.5, 0.6) is 0 Å². The predicted molar refractivity (Wildman–Crippen MR) is 125 cm³/mol. The third-order valence-corrected chi connectivity index (χ3v) is 10.2. The fraction of sp³-hybridized carbons (Fsp3) is 0.565. The van der Waals surface area contributed by atoms with Crippen molar-refractivity contribution in [3.63, 3.8) is 0 Å². The van der Waals surface area contributed by atoms with E-state index >= 15 is 0 Å². The van der Waals surface area contributed by atoms with E-state index in [9.17, 15) is 39.9 Å². The number of hydrogen-bond acceptors (Lipinski definition) is 6. The number of hydrogen-bond donors (Lipinski definition) is 1. The van der Waals surface area contributed by atoms with Gasteiger partial charge in [0.2, 0.25) is 0 Å². The fourth-order valence-electron chi connectivity index (χ4n) is 4.87. The second kappa shape index (κ2) is 10.4. The summed E-state index contributed by atoms with van der Waals surface area (Å²) >= 11 is 1.10. The zero-order chi connectivity index (χ0) is 27.1. The Morgan fingerprint density at radius 2 is 1.59 bits per heavy atom. The number of nitrogens with zero attached hydrogens (tertiary/aromatic N) is 2. The van der Waals surface area contributed by atoms with Gasteiger partial charge in [0.05, 0.1) is 0 Å². The Hall–Kier alpha value is -1.87. The monoisotopic (exact) mass is 572 g/mol. The molecule has 1 aromatic carbocycles. The molecule has 37 heavy (non-hydrogen) atoms. The molecule has 14 heteroatoms. The highest BCUT2D eigenvalue weighted by Crippen LogP contribution is 2.50. The summed E-state index contributed by atoms with van der Waals surface area (Å²) in [6, 6.07) is 6.25. The Balaban J connectivity index is 1.62. The van der Waals surface area contributed by atoms with Crippen molar-refractivity contribution >= 4 is 27.0 Å². The molecule has 1 N–H and O–H groups in total. The van der Waals surface area contributed by atoms with Gasteiger partial charge in [-0.1, -0.05) is 18.2 Å². The van der Waals surface area contributed by atoms with E-state index in [0.717, 1.165) is 36.3 Å². The third-order valence-electron chi connectivity index (χ3n) is 6.92. The van der Waals surface area contributed by atoms with E-state index in [2.05, 4.69) is 0 Å². The van der Waals surface area contributed by atoms with Gasteiger partial charge in [0.25, 0.3) is 15.6 Å². The van der Waals surface area contributed by atoms with Crippen LogP contribution in [-0.4, -0.2) is 69.1 Å². The van der Waals surface area contributed by atoms with Gasteiger partial charge in [0, 0.05) is 50.1 Å². The molecule has 2 fully saturated rings. The van der Waals surface area contributed by atoms with Gasteiger partial charge in [0.15, 0.2) is 0 Å². The third kappa shape index (κ3) is 5.49. The maximum Gasteiger partial charge on any atom is 0.430 e. The van der Waals surface area contributed by atoms with Crippen molar-refractivity contribution in [2.45, 2.75) is 47.5 Å². The molecule has 0 saturated carbocycles. The quantitative estimate of drug-likeness (QED) is 0.506. The number of thiophene rings is 1. The van der Waals surface area contributed by atoms with Gasteiger partial charge >= 0.3 is 12.4 Å². The van der Waals surface area contributed by atoms with Crippen molar-refractivity contribution in [2.24, 2.45) is 5.92 Å². The largest absolute Gasteiger partial charge is 0.430 e. The van der Waals surface area contributed by atoms with Crippen LogP contribution < -0.4 is 4.90 Å². The first-order valence-electron chi connectivity index (χ1n) is 11.6. The molecule has 0 bridgehead atoms. The number of halogens is 6. The Morgan fingerprint density at radius 1 is 0.973 bits per heavy atom. The minimum atomic E-state index is -5.97. The molecule has 1 atom stereocenters. The smallest absolute Gasteiger partial charge is 0.381 e. The predicted octanol–water partition coefficient (Wildman–Crippen LogP) is 4.76. The summed E-state index contributed by atoms with van der Waals surface area (Å²) in [6.45, 7) is 1.55. The van der Waals surface area contributed by atoms with Crippen LogP contribution in [0.25, 0.3) is 0 Å². The van der Waals surface area contributed by atoms with Crippen molar-refractivity contribution < 1.29 is 44.6 Å². The van der Waals surface area contributed by atoms with Gasteiger partial charge in [0.1, 0.15) is 4.21 Å². The van der Waals surface area contributed by atoms with Crippen molar-refractivity contribution in [3.8, 4) is 0 Å². The molecule has 0 aliphatic carbocycles. The van der Waals surface area contributed by atoms with Crippen LogP contribution in [0.4, 0.5) is 32.0 Å². The highest BCUT2D eigenvalue weighted by Gasteiger charge is 2.71. The average molecular weight is 573 g/mol. The van der Waals surface area contributed by atoms with Gasteiger partial charge in [-0.25, -0.2) is 8.42 Å². The summed E-state index contributed by atoms with van der Waals surface area (Å²) in [4.78, 5) is 1.82. The maximum absolute atomic E-state index is 13.3. The van der Waals surface area contributed by atoms with Crippen LogP contribution in [-0.2, 0) is 20.4 Å². The van der Waals surface area contributed by atoms with Gasteiger partial charge < -0.3 is 14.7 Å². The van der Waals surface area contributed by atoms with E-state index in [1.54, 1.807) is 11.4 Å². The van der Waals surface area contributed by atoms with Crippen LogP contribution >= 0.6 is 11.3 Å². The molecule has 206 valence electrons. The second-order valence-electron chi connectivity index (χ2n) is 9.19. The van der Waals surface area contributed by atoms with Gasteiger partial charge in [-0.15, -0.1) is 11.3 Å². The summed E-state index contributed by atoms with van der Waals surface area (Å²) < 4.78 is 113. The SMILES string of the molecule is O=S(=O)(c1cccs1)N1CCN(c2ccc(C(O)(C(F)(F)F)C(F)(F)F)cc2)[C@H](CC2CCOCC2)C1. The lowest BCUT2D eigenvalue weighted by Gasteiger charge is -2.44. The summed E-state index contributed by atoms with van der Waals surface area (Å²) in [5.74, 6) is 0.227. The Labute approximate surface area is 214 Å². The Bertz CT molecular complexity index is 1130. The number of anilines is 1. The number of benzene rings is 1. The van der Waals surface area contributed by atoms with Crippen molar-refractivity contribution in [2.75, 3.05) is 37.7 Å². The van der Waals surface area contributed by atoms with Crippen LogP contribution in [0.2, 0.25) is 0 Å². The van der Waals surface area contributed by atoms with E-state index in [1.165, 1.54) is 10.4 Å². The van der Waals surface area contributed by atoms with Crippen LogP contribution in [0.1, 0.15) is 24.8 Å². The number of sulfonamides is 1. The first-order valence-corrected chi connectivity index (χ1v) is 13.9. The van der Waals surface area contributed by atoms with E-state index < -0.39 is 33.5 Å². The molecule has 1 aromatic heterocycles. The molecule has 0 radical (unpaired) electrons. The second-order valence-corrected chi connectivity index (χ2v) is 12.3. The average Bonchev–Trinajstić information content (AvgIpc) is 3.39. The molecule has 3 heterocycles. The fourth-order valence-corrected chi connectivity index (χ4v) is 7.49. The van der Waals surface area contributed by atoms with Gasteiger partial charge in [-0.05, 0) is 48.8 Å². The van der Waals surface area contributed by atoms with E-state index in [0.29, 0.717) is 37.5 Å². The molecular weight excluding hydrogens is 546 g/mol. The Morgan fingerprint density at radius 3 is 2.14 bits per heavy atom. The molecule has 4 rings (SSSR count). The van der Waals surface area contributed by atoms with E-state index in [-0.39, 0.29) is 35.8 Å². The highest BCUT2D eigenvalue weighted by molar-refractivity contribution is 7.91. The minimum Gasteiger partial charge on any atom is -0.381 e. The normalized spacial score (nSPS) is 21.4. The molecule has 0 spiro atoms. The molecule has 0 amide bonds. The molecule has 2 aliphatic heterocycles.